The van der Waals surface area contributed by atoms with Crippen LogP contribution in [-0.4, -0.2) is 39.1 Å². The van der Waals surface area contributed by atoms with E-state index in [9.17, 15) is 9.36 Å². The highest BCUT2D eigenvalue weighted by atomic mass is 31.1. The van der Waals surface area contributed by atoms with Gasteiger partial charge in [0.2, 0.25) is 12.3 Å². The van der Waals surface area contributed by atoms with Gasteiger partial charge in [0.05, 0.1) is 13.7 Å². The van der Waals surface area contributed by atoms with Gasteiger partial charge in [-0.3, -0.25) is 0 Å². The van der Waals surface area contributed by atoms with Crippen LogP contribution in [0.15, 0.2) is 0 Å². The maximum absolute atomic E-state index is 11.1. The summed E-state index contributed by atoms with van der Waals surface area (Å²) >= 11 is 0. The zero-order valence-electron chi connectivity index (χ0n) is 7.98. The summed E-state index contributed by atoms with van der Waals surface area (Å²) in [6.45, 7) is 2.08. The van der Waals surface area contributed by atoms with Gasteiger partial charge in [0.15, 0.2) is 0 Å². The van der Waals surface area contributed by atoms with Crippen molar-refractivity contribution in [2.75, 3.05) is 27.0 Å². The third kappa shape index (κ3) is 4.93. The summed E-state index contributed by atoms with van der Waals surface area (Å²) in [5.74, 6) is -0.537. The van der Waals surface area contributed by atoms with Crippen molar-refractivity contribution in [2.45, 2.75) is 13.0 Å². The molecule has 0 aliphatic rings. The van der Waals surface area contributed by atoms with Gasteiger partial charge in [-0.15, -0.1) is 4.52 Å². The van der Waals surface area contributed by atoms with E-state index in [1.54, 1.807) is 6.92 Å². The summed E-state index contributed by atoms with van der Waals surface area (Å²) in [4.78, 5) is 11.0. The Morgan fingerprint density at radius 2 is 2.08 bits per heavy atom. The van der Waals surface area contributed by atoms with Crippen molar-refractivity contribution in [3.05, 3.63) is 0 Å². The third-order valence-electron chi connectivity index (χ3n) is 1.34. The molecule has 2 unspecified atom stereocenters. The van der Waals surface area contributed by atoms with Gasteiger partial charge in [-0.1, -0.05) is 0 Å². The largest absolute Gasteiger partial charge is 0.511 e. The second-order valence-corrected chi connectivity index (χ2v) is 3.47. The molecule has 0 rings (SSSR count). The van der Waals surface area contributed by atoms with Crippen molar-refractivity contribution in [1.29, 1.82) is 0 Å². The Morgan fingerprint density at radius 3 is 2.46 bits per heavy atom. The van der Waals surface area contributed by atoms with Crippen LogP contribution >= 0.6 is 8.03 Å². The van der Waals surface area contributed by atoms with Crippen molar-refractivity contribution in [1.82, 2.24) is 0 Å². The van der Waals surface area contributed by atoms with Gasteiger partial charge in [-0.2, -0.15) is 0 Å². The smallest absolute Gasteiger partial charge is 0.467 e. The summed E-state index contributed by atoms with van der Waals surface area (Å²) < 4.78 is 25.1. The van der Waals surface area contributed by atoms with E-state index < -0.39 is 20.1 Å². The van der Waals surface area contributed by atoms with Gasteiger partial charge in [-0.25, -0.2) is 4.79 Å². The SMILES string of the molecule is CCO[P+](=O)CC(OC)C(=O)OC. The van der Waals surface area contributed by atoms with Gasteiger partial charge in [0.1, 0.15) is 0 Å². The molecule has 0 aromatic carbocycles. The average molecular weight is 209 g/mol. The van der Waals surface area contributed by atoms with Crippen LogP contribution in [0.5, 0.6) is 0 Å². The molecule has 6 heteroatoms. The van der Waals surface area contributed by atoms with Crippen LogP contribution in [0.2, 0.25) is 0 Å². The van der Waals surface area contributed by atoms with Gasteiger partial charge in [0.25, 0.3) is 0 Å². The van der Waals surface area contributed by atoms with Crippen LogP contribution in [0.3, 0.4) is 0 Å². The first-order chi connectivity index (χ1) is 6.15. The standard InChI is InChI=1S/C7H14O5P/c1-4-12-13(9)5-6(10-2)7(8)11-3/h6H,4-5H2,1-3H3/q+1. The van der Waals surface area contributed by atoms with Crippen LogP contribution in [0.4, 0.5) is 0 Å². The summed E-state index contributed by atoms with van der Waals surface area (Å²) in [5, 5.41) is 0. The first-order valence-electron chi connectivity index (χ1n) is 3.83. The highest BCUT2D eigenvalue weighted by Gasteiger charge is 2.30. The minimum absolute atomic E-state index is 0.0341. The lowest BCUT2D eigenvalue weighted by Gasteiger charge is -2.05. The van der Waals surface area contributed by atoms with E-state index in [0.717, 1.165) is 0 Å². The molecule has 0 bridgehead atoms. The topological polar surface area (TPSA) is 61.8 Å². The van der Waals surface area contributed by atoms with E-state index in [4.69, 9.17) is 9.26 Å². The minimum Gasteiger partial charge on any atom is -0.467 e. The molecule has 0 aliphatic heterocycles. The highest BCUT2D eigenvalue weighted by molar-refractivity contribution is 7.39. The van der Waals surface area contributed by atoms with E-state index >= 15 is 0 Å². The summed E-state index contributed by atoms with van der Waals surface area (Å²) in [6, 6.07) is 0. The zero-order valence-corrected chi connectivity index (χ0v) is 8.87. The summed E-state index contributed by atoms with van der Waals surface area (Å²) in [6.07, 6.45) is -0.771. The van der Waals surface area contributed by atoms with E-state index in [1.165, 1.54) is 14.2 Å². The average Bonchev–Trinajstić information content (AvgIpc) is 2.13. The molecule has 0 amide bonds. The van der Waals surface area contributed by atoms with Crippen LogP contribution < -0.4 is 0 Å². The van der Waals surface area contributed by atoms with E-state index in [-0.39, 0.29) is 6.16 Å². The van der Waals surface area contributed by atoms with Crippen molar-refractivity contribution >= 4 is 14.0 Å². The molecule has 0 radical (unpaired) electrons. The summed E-state index contributed by atoms with van der Waals surface area (Å²) in [7, 11) is 0.770. The van der Waals surface area contributed by atoms with Crippen LogP contribution in [0.25, 0.3) is 0 Å². The normalized spacial score (nSPS) is 13.6. The van der Waals surface area contributed by atoms with Crippen molar-refractivity contribution in [3.63, 3.8) is 0 Å². The number of carbonyl (C=O) groups excluding carboxylic acids is 1. The monoisotopic (exact) mass is 209 g/mol. The molecule has 0 saturated carbocycles. The minimum atomic E-state index is -1.84. The molecule has 5 nitrogen and oxygen atoms in total. The summed E-state index contributed by atoms with van der Waals surface area (Å²) in [5.41, 5.74) is 0. The van der Waals surface area contributed by atoms with E-state index in [0.29, 0.717) is 6.61 Å². The maximum atomic E-state index is 11.1. The predicted octanol–water partition coefficient (Wildman–Crippen LogP) is 0.953. The Balaban J connectivity index is 3.97. The number of ether oxygens (including phenoxy) is 2. The molecular weight excluding hydrogens is 195 g/mol. The van der Waals surface area contributed by atoms with E-state index in [1.807, 2.05) is 0 Å². The number of esters is 1. The van der Waals surface area contributed by atoms with E-state index in [2.05, 4.69) is 4.74 Å². The molecule has 0 fully saturated rings. The third-order valence-corrected chi connectivity index (χ3v) is 2.51. The molecule has 0 heterocycles. The molecule has 0 aliphatic carbocycles. The molecular formula is C7H14O5P+. The fraction of sp³-hybridized carbons (Fsp3) is 0.857. The Morgan fingerprint density at radius 1 is 1.46 bits per heavy atom. The Kier molecular flexibility index (Phi) is 6.68. The number of carbonyl (C=O) groups is 1. The van der Waals surface area contributed by atoms with Crippen molar-refractivity contribution in [3.8, 4) is 0 Å². The van der Waals surface area contributed by atoms with Crippen LogP contribution in [0.1, 0.15) is 6.92 Å². The second-order valence-electron chi connectivity index (χ2n) is 2.18. The molecule has 0 saturated heterocycles. The Labute approximate surface area is 78.2 Å². The molecule has 2 atom stereocenters. The van der Waals surface area contributed by atoms with Gasteiger partial charge in [0, 0.05) is 7.11 Å². The van der Waals surface area contributed by atoms with Crippen molar-refractivity contribution in [2.24, 2.45) is 0 Å². The van der Waals surface area contributed by atoms with Gasteiger partial charge in [-0.05, 0) is 11.5 Å². The van der Waals surface area contributed by atoms with Crippen molar-refractivity contribution < 1.29 is 23.4 Å². The lowest BCUT2D eigenvalue weighted by molar-refractivity contribution is -0.150. The number of methoxy groups -OCH3 is 2. The first-order valence-corrected chi connectivity index (χ1v) is 5.20. The lowest BCUT2D eigenvalue weighted by Crippen LogP contribution is -2.26. The molecule has 76 valence electrons. The maximum Gasteiger partial charge on any atom is 0.511 e. The Bertz CT molecular complexity index is 182. The molecule has 13 heavy (non-hydrogen) atoms. The fourth-order valence-electron chi connectivity index (χ4n) is 0.709. The number of hydrogen-bond donors (Lipinski definition) is 0. The lowest BCUT2D eigenvalue weighted by atomic mass is 10.4. The quantitative estimate of drug-likeness (QED) is 0.481. The second kappa shape index (κ2) is 6.95. The zero-order chi connectivity index (χ0) is 10.3. The molecule has 0 aromatic heterocycles. The molecule has 0 aromatic rings. The highest BCUT2D eigenvalue weighted by Crippen LogP contribution is 2.23. The Hall–Kier alpha value is -0.510. The fourth-order valence-corrected chi connectivity index (χ4v) is 1.67. The molecule has 0 spiro atoms. The number of rotatable bonds is 6. The molecule has 0 N–H and O–H groups in total. The number of hydrogen-bond acceptors (Lipinski definition) is 5. The van der Waals surface area contributed by atoms with Crippen LogP contribution in [-0.2, 0) is 23.4 Å². The van der Waals surface area contributed by atoms with Gasteiger partial charge >= 0.3 is 14.0 Å². The van der Waals surface area contributed by atoms with Gasteiger partial charge < -0.3 is 9.47 Å². The predicted molar refractivity (Wildman–Crippen MR) is 46.9 cm³/mol. The van der Waals surface area contributed by atoms with Crippen LogP contribution in [0, 0.1) is 0 Å². The first kappa shape index (κ1) is 12.5.